The van der Waals surface area contributed by atoms with E-state index in [4.69, 9.17) is 0 Å². The molecule has 88 valence electrons. The summed E-state index contributed by atoms with van der Waals surface area (Å²) in [6.45, 7) is -2.25. The topological polar surface area (TPSA) is 26.3 Å². The van der Waals surface area contributed by atoms with E-state index < -0.39 is 18.4 Å². The summed E-state index contributed by atoms with van der Waals surface area (Å²) >= 11 is 0. The highest BCUT2D eigenvalue weighted by molar-refractivity contribution is 6.74. The van der Waals surface area contributed by atoms with Crippen molar-refractivity contribution in [2.75, 3.05) is 7.11 Å². The predicted octanol–water partition coefficient (Wildman–Crippen LogP) is 2.14. The van der Waals surface area contributed by atoms with Gasteiger partial charge in [0.15, 0.2) is 0 Å². The van der Waals surface area contributed by atoms with Crippen LogP contribution in [0.4, 0.5) is 12.9 Å². The average molecular weight is 231 g/mol. The second-order valence-corrected chi connectivity index (χ2v) is 3.54. The Labute approximate surface area is 91.5 Å². The van der Waals surface area contributed by atoms with Crippen LogP contribution in [0.2, 0.25) is 0 Å². The molecule has 0 spiro atoms. The lowest BCUT2D eigenvalue weighted by Crippen LogP contribution is -2.37. The highest BCUT2D eigenvalue weighted by Crippen LogP contribution is 2.18. The number of benzene rings is 1. The fraction of sp³-hybridized carbons (Fsp3) is 0.300. The number of esters is 1. The minimum absolute atomic E-state index is 0.000741. The molecule has 1 aromatic rings. The Morgan fingerprint density at radius 2 is 1.81 bits per heavy atom. The highest BCUT2D eigenvalue weighted by atomic mass is 19.4. The molecular weight excluding hydrogens is 220 g/mol. The van der Waals surface area contributed by atoms with Crippen LogP contribution < -0.4 is 5.46 Å². The van der Waals surface area contributed by atoms with E-state index in [1.54, 1.807) is 6.92 Å². The predicted molar refractivity (Wildman–Crippen MR) is 56.0 cm³/mol. The van der Waals surface area contributed by atoms with Gasteiger partial charge in [-0.2, -0.15) is 0 Å². The Hall–Kier alpha value is -1.46. The number of hydrogen-bond donors (Lipinski definition) is 0. The number of ether oxygens (including phenoxy) is 1. The zero-order valence-electron chi connectivity index (χ0n) is 9.18. The summed E-state index contributed by atoms with van der Waals surface area (Å²) < 4.78 is 42.4. The van der Waals surface area contributed by atoms with Crippen molar-refractivity contribution in [2.24, 2.45) is 0 Å². The van der Waals surface area contributed by atoms with E-state index in [0.29, 0.717) is 5.56 Å². The van der Waals surface area contributed by atoms with Crippen molar-refractivity contribution < 1.29 is 22.5 Å². The monoisotopic (exact) mass is 231 g/mol. The molecule has 1 rings (SSSR count). The molecule has 0 fully saturated rings. The van der Waals surface area contributed by atoms with Gasteiger partial charge in [-0.1, -0.05) is 17.7 Å². The standard InChI is InChI=1S/C10H11BF3O2/c1-6-4-5-8(11(12,13)14)7(2)9(6)10(15)16-3/h4-5H,1-3H3/q-1. The number of methoxy groups -OCH3 is 1. The van der Waals surface area contributed by atoms with E-state index in [1.165, 1.54) is 13.0 Å². The van der Waals surface area contributed by atoms with Crippen LogP contribution in [0.3, 0.4) is 0 Å². The number of hydrogen-bond acceptors (Lipinski definition) is 2. The van der Waals surface area contributed by atoms with Gasteiger partial charge in [0.2, 0.25) is 0 Å². The van der Waals surface area contributed by atoms with E-state index in [9.17, 15) is 17.7 Å². The maximum Gasteiger partial charge on any atom is 0.509 e. The normalized spacial score (nSPS) is 11.4. The molecule has 0 amide bonds. The molecule has 0 N–H and O–H groups in total. The van der Waals surface area contributed by atoms with Crippen molar-refractivity contribution in [2.45, 2.75) is 13.8 Å². The summed E-state index contributed by atoms with van der Waals surface area (Å²) in [4.78, 5) is 11.4. The molecule has 0 aliphatic rings. The first kappa shape index (κ1) is 12.6. The van der Waals surface area contributed by atoms with E-state index in [2.05, 4.69) is 4.74 Å². The molecule has 0 aliphatic heterocycles. The number of aryl methyl sites for hydroxylation is 1. The Kier molecular flexibility index (Phi) is 3.31. The van der Waals surface area contributed by atoms with E-state index >= 15 is 0 Å². The van der Waals surface area contributed by atoms with E-state index in [0.717, 1.165) is 13.2 Å². The molecule has 0 bridgehead atoms. The Bertz CT molecular complexity index is 427. The molecule has 0 unspecified atom stereocenters. The van der Waals surface area contributed by atoms with Crippen LogP contribution in [0.15, 0.2) is 12.1 Å². The lowest BCUT2D eigenvalue weighted by molar-refractivity contribution is 0.0599. The molecule has 2 nitrogen and oxygen atoms in total. The zero-order valence-corrected chi connectivity index (χ0v) is 9.18. The summed E-state index contributed by atoms with van der Waals surface area (Å²) in [7, 11) is 1.15. The molecular formula is C10H11BF3O2-. The molecule has 0 heterocycles. The molecule has 6 heteroatoms. The summed E-state index contributed by atoms with van der Waals surface area (Å²) in [5.41, 5.74) is -0.335. The van der Waals surface area contributed by atoms with Gasteiger partial charge in [0.25, 0.3) is 0 Å². The maximum absolute atomic E-state index is 12.6. The smallest absolute Gasteiger partial charge is 0.465 e. The molecule has 0 aromatic heterocycles. The van der Waals surface area contributed by atoms with Gasteiger partial charge < -0.3 is 17.7 Å². The molecule has 0 aliphatic carbocycles. The second kappa shape index (κ2) is 4.19. The van der Waals surface area contributed by atoms with Gasteiger partial charge in [0.1, 0.15) is 0 Å². The largest absolute Gasteiger partial charge is 0.509 e. The fourth-order valence-corrected chi connectivity index (χ4v) is 1.63. The summed E-state index contributed by atoms with van der Waals surface area (Å²) in [5, 5.41) is 0. The number of carbonyl (C=O) groups is 1. The molecule has 16 heavy (non-hydrogen) atoms. The van der Waals surface area contributed by atoms with Crippen molar-refractivity contribution in [1.82, 2.24) is 0 Å². The number of carbonyl (C=O) groups excluding carboxylic acids is 1. The van der Waals surface area contributed by atoms with Gasteiger partial charge in [-0.3, -0.25) is 0 Å². The first-order valence-corrected chi connectivity index (χ1v) is 4.67. The Balaban J connectivity index is 3.45. The van der Waals surface area contributed by atoms with Crippen molar-refractivity contribution in [3.05, 3.63) is 28.8 Å². The van der Waals surface area contributed by atoms with Crippen LogP contribution in [-0.2, 0) is 4.74 Å². The first-order chi connectivity index (χ1) is 7.29. The minimum Gasteiger partial charge on any atom is -0.465 e. The molecule has 0 saturated carbocycles. The van der Waals surface area contributed by atoms with Gasteiger partial charge in [-0.15, -0.1) is 5.46 Å². The van der Waals surface area contributed by atoms with Gasteiger partial charge in [0.05, 0.1) is 12.7 Å². The molecule has 1 aromatic carbocycles. The van der Waals surface area contributed by atoms with Crippen molar-refractivity contribution >= 4 is 18.4 Å². The SMILES string of the molecule is COC(=O)c1c(C)ccc([B-](F)(F)F)c1C. The minimum atomic E-state index is -5.11. The van der Waals surface area contributed by atoms with E-state index in [-0.39, 0.29) is 11.1 Å². The Morgan fingerprint density at radius 1 is 1.25 bits per heavy atom. The second-order valence-electron chi connectivity index (χ2n) is 3.54. The van der Waals surface area contributed by atoms with Crippen LogP contribution >= 0.6 is 0 Å². The average Bonchev–Trinajstić information content (AvgIpc) is 2.15. The summed E-state index contributed by atoms with van der Waals surface area (Å²) in [6, 6.07) is 2.28. The van der Waals surface area contributed by atoms with Gasteiger partial charge in [-0.25, -0.2) is 4.79 Å². The lowest BCUT2D eigenvalue weighted by atomic mass is 9.75. The van der Waals surface area contributed by atoms with Crippen LogP contribution in [-0.4, -0.2) is 20.1 Å². The highest BCUT2D eigenvalue weighted by Gasteiger charge is 2.29. The van der Waals surface area contributed by atoms with Gasteiger partial charge >= 0.3 is 12.9 Å². The Morgan fingerprint density at radius 3 is 2.25 bits per heavy atom. The lowest BCUT2D eigenvalue weighted by Gasteiger charge is -2.20. The fourth-order valence-electron chi connectivity index (χ4n) is 1.63. The van der Waals surface area contributed by atoms with Crippen LogP contribution in [0.25, 0.3) is 0 Å². The van der Waals surface area contributed by atoms with Crippen LogP contribution in [0.1, 0.15) is 21.5 Å². The van der Waals surface area contributed by atoms with Gasteiger partial charge in [-0.05, 0) is 19.4 Å². The quantitative estimate of drug-likeness (QED) is 0.575. The van der Waals surface area contributed by atoms with Crippen LogP contribution in [0, 0.1) is 13.8 Å². The third kappa shape index (κ3) is 2.20. The number of rotatable bonds is 2. The molecule has 0 saturated heterocycles. The van der Waals surface area contributed by atoms with Crippen molar-refractivity contribution in [3.63, 3.8) is 0 Å². The van der Waals surface area contributed by atoms with Crippen molar-refractivity contribution in [3.8, 4) is 0 Å². The zero-order chi connectivity index (χ0) is 12.5. The van der Waals surface area contributed by atoms with E-state index in [1.807, 2.05) is 0 Å². The summed E-state index contributed by atoms with van der Waals surface area (Å²) in [6.07, 6.45) is 0. The number of halogens is 3. The molecule has 0 radical (unpaired) electrons. The van der Waals surface area contributed by atoms with Crippen LogP contribution in [0.5, 0.6) is 0 Å². The van der Waals surface area contributed by atoms with Gasteiger partial charge in [0, 0.05) is 0 Å². The molecule has 0 atom stereocenters. The first-order valence-electron chi connectivity index (χ1n) is 4.67. The third-order valence-corrected chi connectivity index (χ3v) is 2.46. The third-order valence-electron chi connectivity index (χ3n) is 2.46. The maximum atomic E-state index is 12.6. The summed E-state index contributed by atoms with van der Waals surface area (Å²) in [5.74, 6) is -0.739. The van der Waals surface area contributed by atoms with Crippen molar-refractivity contribution in [1.29, 1.82) is 0 Å².